The number of anilines is 1. The van der Waals surface area contributed by atoms with Gasteiger partial charge in [-0.15, -0.1) is 0 Å². The van der Waals surface area contributed by atoms with Crippen LogP contribution in [-0.2, 0) is 4.74 Å². The van der Waals surface area contributed by atoms with Gasteiger partial charge in [0, 0.05) is 39.8 Å². The van der Waals surface area contributed by atoms with E-state index in [0.29, 0.717) is 13.2 Å². The number of para-hydroxylation sites is 2. The summed E-state index contributed by atoms with van der Waals surface area (Å²) in [5, 5.41) is 4.04. The summed E-state index contributed by atoms with van der Waals surface area (Å²) >= 11 is 5.43. The molecule has 1 aromatic carbocycles. The summed E-state index contributed by atoms with van der Waals surface area (Å²) in [6, 6.07) is 8.22. The second-order valence-electron chi connectivity index (χ2n) is 5.10. The fraction of sp³-hybridized carbons (Fsp3) is 0.562. The van der Waals surface area contributed by atoms with Gasteiger partial charge in [0.1, 0.15) is 5.75 Å². The normalized spacial score (nSPS) is 14.8. The van der Waals surface area contributed by atoms with Gasteiger partial charge in [-0.25, -0.2) is 0 Å². The first-order valence-electron chi connectivity index (χ1n) is 7.74. The van der Waals surface area contributed by atoms with Crippen molar-refractivity contribution in [3.05, 3.63) is 24.3 Å². The molecule has 0 bridgehead atoms. The van der Waals surface area contributed by atoms with Gasteiger partial charge >= 0.3 is 0 Å². The molecular weight excluding hydrogens is 298 g/mol. The summed E-state index contributed by atoms with van der Waals surface area (Å²) in [7, 11) is 1.69. The summed E-state index contributed by atoms with van der Waals surface area (Å²) in [4.78, 5) is 4.57. The van der Waals surface area contributed by atoms with Crippen LogP contribution >= 0.6 is 12.2 Å². The maximum atomic E-state index is 5.72. The predicted molar refractivity (Wildman–Crippen MR) is 93.9 cm³/mol. The Balaban J connectivity index is 1.88. The van der Waals surface area contributed by atoms with Crippen molar-refractivity contribution >= 4 is 23.0 Å². The molecule has 122 valence electrons. The van der Waals surface area contributed by atoms with E-state index in [4.69, 9.17) is 21.7 Å². The molecule has 0 saturated carbocycles. The molecule has 0 unspecified atom stereocenters. The predicted octanol–water partition coefficient (Wildman–Crippen LogP) is 1.73. The van der Waals surface area contributed by atoms with Crippen LogP contribution in [-0.4, -0.2) is 63.1 Å². The highest BCUT2D eigenvalue weighted by atomic mass is 32.1. The van der Waals surface area contributed by atoms with E-state index in [1.54, 1.807) is 7.11 Å². The molecule has 6 heteroatoms. The first-order valence-corrected chi connectivity index (χ1v) is 8.15. The molecule has 1 saturated heterocycles. The third-order valence-electron chi connectivity index (χ3n) is 3.66. The zero-order valence-corrected chi connectivity index (χ0v) is 14.2. The van der Waals surface area contributed by atoms with Crippen LogP contribution in [0.1, 0.15) is 6.92 Å². The molecule has 2 rings (SSSR count). The Labute approximate surface area is 138 Å². The van der Waals surface area contributed by atoms with Crippen LogP contribution in [0.3, 0.4) is 0 Å². The fourth-order valence-electron chi connectivity index (χ4n) is 2.52. The largest absolute Gasteiger partial charge is 0.492 e. The summed E-state index contributed by atoms with van der Waals surface area (Å²) < 4.78 is 10.8. The maximum Gasteiger partial charge on any atom is 0.169 e. The van der Waals surface area contributed by atoms with Gasteiger partial charge in [0.15, 0.2) is 5.11 Å². The third kappa shape index (κ3) is 4.48. The first-order chi connectivity index (χ1) is 10.8. The summed E-state index contributed by atoms with van der Waals surface area (Å²) in [5.74, 6) is 0.958. The van der Waals surface area contributed by atoms with Crippen LogP contribution in [0.15, 0.2) is 24.3 Å². The van der Waals surface area contributed by atoms with Crippen molar-refractivity contribution in [2.75, 3.05) is 57.9 Å². The monoisotopic (exact) mass is 323 g/mol. The van der Waals surface area contributed by atoms with Gasteiger partial charge in [-0.05, 0) is 31.3 Å². The number of rotatable bonds is 6. The van der Waals surface area contributed by atoms with Crippen LogP contribution in [0.4, 0.5) is 5.69 Å². The molecule has 22 heavy (non-hydrogen) atoms. The summed E-state index contributed by atoms with van der Waals surface area (Å²) in [5.41, 5.74) is 1.17. The quantitative estimate of drug-likeness (QED) is 0.635. The van der Waals surface area contributed by atoms with Crippen LogP contribution < -0.4 is 15.0 Å². The van der Waals surface area contributed by atoms with Gasteiger partial charge in [0.05, 0.1) is 18.9 Å². The van der Waals surface area contributed by atoms with E-state index >= 15 is 0 Å². The van der Waals surface area contributed by atoms with E-state index in [2.05, 4.69) is 27.2 Å². The molecule has 0 spiro atoms. The SMILES string of the molecule is CCOc1ccccc1N1CCN(C(=S)NCCOC)CC1. The topological polar surface area (TPSA) is 37.0 Å². The van der Waals surface area contributed by atoms with E-state index < -0.39 is 0 Å². The van der Waals surface area contributed by atoms with Crippen LogP contribution in [0.2, 0.25) is 0 Å². The standard InChI is InChI=1S/C16H25N3O2S/c1-3-21-15-7-5-4-6-14(15)18-9-11-19(12-10-18)16(22)17-8-13-20-2/h4-7H,3,8-13H2,1-2H3,(H,17,22). The highest BCUT2D eigenvalue weighted by Gasteiger charge is 2.20. The molecular formula is C16H25N3O2S. The van der Waals surface area contributed by atoms with Crippen molar-refractivity contribution in [2.24, 2.45) is 0 Å². The smallest absolute Gasteiger partial charge is 0.169 e. The average Bonchev–Trinajstić information content (AvgIpc) is 2.56. The lowest BCUT2D eigenvalue weighted by atomic mass is 10.2. The summed E-state index contributed by atoms with van der Waals surface area (Å²) in [6.45, 7) is 7.83. The van der Waals surface area contributed by atoms with Crippen LogP contribution in [0.25, 0.3) is 0 Å². The Morgan fingerprint density at radius 3 is 2.64 bits per heavy atom. The van der Waals surface area contributed by atoms with Gasteiger partial charge in [0.25, 0.3) is 0 Å². The van der Waals surface area contributed by atoms with Crippen molar-refractivity contribution in [1.29, 1.82) is 0 Å². The number of nitrogens with zero attached hydrogens (tertiary/aromatic N) is 2. The third-order valence-corrected chi connectivity index (χ3v) is 4.06. The van der Waals surface area contributed by atoms with Crippen molar-refractivity contribution in [2.45, 2.75) is 6.92 Å². The van der Waals surface area contributed by atoms with Gasteiger partial charge in [-0.2, -0.15) is 0 Å². The molecule has 1 aliphatic rings. The minimum Gasteiger partial charge on any atom is -0.492 e. The second kappa shape index (κ2) is 8.80. The molecule has 0 radical (unpaired) electrons. The van der Waals surface area contributed by atoms with Gasteiger partial charge in [-0.3, -0.25) is 0 Å². The summed E-state index contributed by atoms with van der Waals surface area (Å²) in [6.07, 6.45) is 0. The Hall–Kier alpha value is -1.53. The number of nitrogens with one attached hydrogen (secondary N) is 1. The number of hydrogen-bond donors (Lipinski definition) is 1. The number of ether oxygens (including phenoxy) is 2. The lowest BCUT2D eigenvalue weighted by Gasteiger charge is -2.38. The number of thiocarbonyl (C=S) groups is 1. The van der Waals surface area contributed by atoms with Gasteiger partial charge in [-0.1, -0.05) is 12.1 Å². The van der Waals surface area contributed by atoms with Gasteiger partial charge < -0.3 is 24.6 Å². The zero-order valence-electron chi connectivity index (χ0n) is 13.4. The maximum absolute atomic E-state index is 5.72. The lowest BCUT2D eigenvalue weighted by Crippen LogP contribution is -2.52. The van der Waals surface area contributed by atoms with Crippen LogP contribution in [0.5, 0.6) is 5.75 Å². The Bertz CT molecular complexity index is 476. The molecule has 1 N–H and O–H groups in total. The number of benzene rings is 1. The number of hydrogen-bond acceptors (Lipinski definition) is 4. The Morgan fingerprint density at radius 2 is 1.95 bits per heavy atom. The van der Waals surface area contributed by atoms with E-state index in [0.717, 1.165) is 43.6 Å². The van der Waals surface area contributed by atoms with Crippen molar-refractivity contribution in [3.63, 3.8) is 0 Å². The molecule has 1 aromatic rings. The average molecular weight is 323 g/mol. The Kier molecular flexibility index (Phi) is 6.74. The van der Waals surface area contributed by atoms with E-state index in [-0.39, 0.29) is 0 Å². The lowest BCUT2D eigenvalue weighted by molar-refractivity contribution is 0.202. The van der Waals surface area contributed by atoms with E-state index in [9.17, 15) is 0 Å². The van der Waals surface area contributed by atoms with Crippen molar-refractivity contribution < 1.29 is 9.47 Å². The van der Waals surface area contributed by atoms with E-state index in [1.165, 1.54) is 5.69 Å². The molecule has 1 fully saturated rings. The molecule has 5 nitrogen and oxygen atoms in total. The number of piperazine rings is 1. The van der Waals surface area contributed by atoms with E-state index in [1.807, 2.05) is 19.1 Å². The molecule has 1 heterocycles. The number of methoxy groups -OCH3 is 1. The highest BCUT2D eigenvalue weighted by molar-refractivity contribution is 7.80. The Morgan fingerprint density at radius 1 is 1.23 bits per heavy atom. The minimum absolute atomic E-state index is 0.668. The molecule has 1 aliphatic heterocycles. The second-order valence-corrected chi connectivity index (χ2v) is 5.49. The zero-order chi connectivity index (χ0) is 15.8. The fourth-order valence-corrected chi connectivity index (χ4v) is 2.80. The van der Waals surface area contributed by atoms with Crippen LogP contribution in [0, 0.1) is 0 Å². The minimum atomic E-state index is 0.668. The molecule has 0 aliphatic carbocycles. The molecule has 0 aromatic heterocycles. The van der Waals surface area contributed by atoms with Gasteiger partial charge in [0.2, 0.25) is 0 Å². The first kappa shape index (κ1) is 16.8. The highest BCUT2D eigenvalue weighted by Crippen LogP contribution is 2.28. The van der Waals surface area contributed by atoms with Crippen molar-refractivity contribution in [3.8, 4) is 5.75 Å². The molecule has 0 amide bonds. The molecule has 0 atom stereocenters. The van der Waals surface area contributed by atoms with Crippen molar-refractivity contribution in [1.82, 2.24) is 10.2 Å².